The number of hydrogen-bond donors (Lipinski definition) is 1. The van der Waals surface area contributed by atoms with Crippen LogP contribution in [0.15, 0.2) is 0 Å². The highest BCUT2D eigenvalue weighted by atomic mass is 16.2. The minimum Gasteiger partial charge on any atom is -0.341 e. The third kappa shape index (κ3) is 4.20. The summed E-state index contributed by atoms with van der Waals surface area (Å²) in [5.74, 6) is 0.171. The molecule has 0 aliphatic carbocycles. The standard InChI is InChI=1S/C15H29N3O2/c1-11(2)13(19)17-7-6-8-18(10-9-17)14(20)12(16)15(3,4)5/h11-12H,6-10,16H2,1-5H3/t12-/m1/s1. The zero-order valence-electron chi connectivity index (χ0n) is 13.5. The van der Waals surface area contributed by atoms with E-state index in [1.807, 2.05) is 44.4 Å². The Hall–Kier alpha value is -1.10. The molecule has 2 amide bonds. The van der Waals surface area contributed by atoms with E-state index in [4.69, 9.17) is 5.73 Å². The lowest BCUT2D eigenvalue weighted by Gasteiger charge is -2.31. The topological polar surface area (TPSA) is 66.6 Å². The van der Waals surface area contributed by atoms with Crippen LogP contribution in [0.1, 0.15) is 41.0 Å². The van der Waals surface area contributed by atoms with Crippen LogP contribution in [0.5, 0.6) is 0 Å². The summed E-state index contributed by atoms with van der Waals surface area (Å²) < 4.78 is 0. The van der Waals surface area contributed by atoms with Crippen LogP contribution in [-0.4, -0.2) is 53.8 Å². The molecule has 0 spiro atoms. The molecule has 20 heavy (non-hydrogen) atoms. The Morgan fingerprint density at radius 3 is 1.80 bits per heavy atom. The minimum absolute atomic E-state index is 0.00338. The lowest BCUT2D eigenvalue weighted by molar-refractivity contribution is -0.137. The summed E-state index contributed by atoms with van der Waals surface area (Å²) >= 11 is 0. The molecule has 5 nitrogen and oxygen atoms in total. The van der Waals surface area contributed by atoms with E-state index in [0.717, 1.165) is 13.0 Å². The van der Waals surface area contributed by atoms with Crippen LogP contribution >= 0.6 is 0 Å². The van der Waals surface area contributed by atoms with Gasteiger partial charge >= 0.3 is 0 Å². The fourth-order valence-corrected chi connectivity index (χ4v) is 2.29. The van der Waals surface area contributed by atoms with E-state index in [0.29, 0.717) is 19.6 Å². The molecule has 0 aromatic carbocycles. The van der Waals surface area contributed by atoms with Crippen molar-refractivity contribution in [2.75, 3.05) is 26.2 Å². The molecular formula is C15H29N3O2. The smallest absolute Gasteiger partial charge is 0.240 e. The summed E-state index contributed by atoms with van der Waals surface area (Å²) in [5, 5.41) is 0. The zero-order chi connectivity index (χ0) is 15.5. The highest BCUT2D eigenvalue weighted by Gasteiger charge is 2.32. The summed E-state index contributed by atoms with van der Waals surface area (Å²) in [6.07, 6.45) is 0.820. The molecule has 1 aliphatic heterocycles. The summed E-state index contributed by atoms with van der Waals surface area (Å²) in [5.41, 5.74) is 5.81. The van der Waals surface area contributed by atoms with Gasteiger partial charge in [-0.1, -0.05) is 34.6 Å². The van der Waals surface area contributed by atoms with E-state index in [1.165, 1.54) is 0 Å². The van der Waals surface area contributed by atoms with Crippen molar-refractivity contribution < 1.29 is 9.59 Å². The van der Waals surface area contributed by atoms with Gasteiger partial charge in [-0.2, -0.15) is 0 Å². The highest BCUT2D eigenvalue weighted by Crippen LogP contribution is 2.20. The summed E-state index contributed by atoms with van der Waals surface area (Å²) in [7, 11) is 0. The SMILES string of the molecule is CC(C)C(=O)N1CCCN(C(=O)[C@@H](N)C(C)(C)C)CC1. The number of amides is 2. The van der Waals surface area contributed by atoms with Gasteiger partial charge in [0.25, 0.3) is 0 Å². The van der Waals surface area contributed by atoms with Gasteiger partial charge in [-0.3, -0.25) is 9.59 Å². The van der Waals surface area contributed by atoms with Crippen molar-refractivity contribution in [1.82, 2.24) is 9.80 Å². The van der Waals surface area contributed by atoms with Gasteiger partial charge < -0.3 is 15.5 Å². The Bertz CT molecular complexity index is 361. The number of nitrogens with zero attached hydrogens (tertiary/aromatic N) is 2. The van der Waals surface area contributed by atoms with Gasteiger partial charge in [-0.25, -0.2) is 0 Å². The van der Waals surface area contributed by atoms with Crippen molar-refractivity contribution in [1.29, 1.82) is 0 Å². The molecule has 0 saturated carbocycles. The van der Waals surface area contributed by atoms with E-state index in [2.05, 4.69) is 0 Å². The molecule has 1 saturated heterocycles. The van der Waals surface area contributed by atoms with Crippen molar-refractivity contribution in [2.45, 2.75) is 47.1 Å². The van der Waals surface area contributed by atoms with Gasteiger partial charge in [0.2, 0.25) is 11.8 Å². The van der Waals surface area contributed by atoms with E-state index >= 15 is 0 Å². The second-order valence-electron chi connectivity index (χ2n) is 7.00. The predicted octanol–water partition coefficient (Wildman–Crippen LogP) is 1.08. The van der Waals surface area contributed by atoms with Gasteiger partial charge in [-0.15, -0.1) is 0 Å². The lowest BCUT2D eigenvalue weighted by Crippen LogP contribution is -2.51. The molecule has 1 rings (SSSR count). The van der Waals surface area contributed by atoms with Crippen molar-refractivity contribution in [3.63, 3.8) is 0 Å². The average Bonchev–Trinajstić information content (AvgIpc) is 2.60. The second kappa shape index (κ2) is 6.57. The van der Waals surface area contributed by atoms with Gasteiger partial charge in [0.05, 0.1) is 6.04 Å². The normalized spacial score (nSPS) is 18.9. The monoisotopic (exact) mass is 283 g/mol. The third-order valence-corrected chi connectivity index (χ3v) is 3.81. The van der Waals surface area contributed by atoms with E-state index < -0.39 is 6.04 Å². The van der Waals surface area contributed by atoms with Crippen LogP contribution in [-0.2, 0) is 9.59 Å². The Kier molecular flexibility index (Phi) is 5.57. The minimum atomic E-state index is -0.491. The Labute approximate surface area is 122 Å². The first kappa shape index (κ1) is 17.0. The maximum atomic E-state index is 12.4. The summed E-state index contributed by atoms with van der Waals surface area (Å²) in [6, 6.07) is -0.491. The van der Waals surface area contributed by atoms with Crippen LogP contribution in [0.4, 0.5) is 0 Å². The van der Waals surface area contributed by atoms with E-state index in [9.17, 15) is 9.59 Å². The molecule has 1 atom stereocenters. The van der Waals surface area contributed by atoms with Crippen LogP contribution in [0.2, 0.25) is 0 Å². The Morgan fingerprint density at radius 1 is 0.950 bits per heavy atom. The maximum Gasteiger partial charge on any atom is 0.240 e. The number of rotatable bonds is 2. The molecule has 0 aromatic rings. The highest BCUT2D eigenvalue weighted by molar-refractivity contribution is 5.83. The van der Waals surface area contributed by atoms with Crippen molar-refractivity contribution in [2.24, 2.45) is 17.1 Å². The molecule has 5 heteroatoms. The quantitative estimate of drug-likeness (QED) is 0.824. The molecule has 1 fully saturated rings. The molecule has 1 aliphatic rings. The van der Waals surface area contributed by atoms with Gasteiger partial charge in [0.15, 0.2) is 0 Å². The van der Waals surface area contributed by atoms with Crippen molar-refractivity contribution in [3.8, 4) is 0 Å². The number of carbonyl (C=O) groups is 2. The fourth-order valence-electron chi connectivity index (χ4n) is 2.29. The molecule has 0 unspecified atom stereocenters. The molecule has 0 bridgehead atoms. The number of nitrogens with two attached hydrogens (primary N) is 1. The fraction of sp³-hybridized carbons (Fsp3) is 0.867. The average molecular weight is 283 g/mol. The van der Waals surface area contributed by atoms with E-state index in [-0.39, 0.29) is 23.1 Å². The third-order valence-electron chi connectivity index (χ3n) is 3.81. The van der Waals surface area contributed by atoms with Crippen LogP contribution in [0.3, 0.4) is 0 Å². The Balaban J connectivity index is 2.65. The van der Waals surface area contributed by atoms with Crippen molar-refractivity contribution in [3.05, 3.63) is 0 Å². The lowest BCUT2D eigenvalue weighted by atomic mass is 9.86. The maximum absolute atomic E-state index is 12.4. The Morgan fingerprint density at radius 2 is 1.40 bits per heavy atom. The molecule has 1 heterocycles. The molecule has 116 valence electrons. The van der Waals surface area contributed by atoms with E-state index in [1.54, 1.807) is 0 Å². The molecule has 2 N–H and O–H groups in total. The van der Waals surface area contributed by atoms with Crippen LogP contribution < -0.4 is 5.73 Å². The second-order valence-corrected chi connectivity index (χ2v) is 7.00. The first-order chi connectivity index (χ1) is 9.14. The van der Waals surface area contributed by atoms with Crippen LogP contribution in [0.25, 0.3) is 0 Å². The van der Waals surface area contributed by atoms with Gasteiger partial charge in [-0.05, 0) is 11.8 Å². The molecule has 0 radical (unpaired) electrons. The first-order valence-electron chi connectivity index (χ1n) is 7.47. The molecule has 0 aromatic heterocycles. The summed E-state index contributed by atoms with van der Waals surface area (Å²) in [6.45, 7) is 12.3. The number of carbonyl (C=O) groups excluding carboxylic acids is 2. The number of hydrogen-bond acceptors (Lipinski definition) is 3. The van der Waals surface area contributed by atoms with Crippen LogP contribution in [0, 0.1) is 11.3 Å². The predicted molar refractivity (Wildman–Crippen MR) is 80.0 cm³/mol. The van der Waals surface area contributed by atoms with Gasteiger partial charge in [0, 0.05) is 32.1 Å². The largest absolute Gasteiger partial charge is 0.341 e. The zero-order valence-corrected chi connectivity index (χ0v) is 13.5. The summed E-state index contributed by atoms with van der Waals surface area (Å²) in [4.78, 5) is 28.1. The van der Waals surface area contributed by atoms with Gasteiger partial charge in [0.1, 0.15) is 0 Å². The van der Waals surface area contributed by atoms with Crippen molar-refractivity contribution >= 4 is 11.8 Å². The first-order valence-corrected chi connectivity index (χ1v) is 7.47. The molecular weight excluding hydrogens is 254 g/mol.